The summed E-state index contributed by atoms with van der Waals surface area (Å²) in [6.45, 7) is 4.81. The van der Waals surface area contributed by atoms with Gasteiger partial charge in [0.1, 0.15) is 18.1 Å². The maximum absolute atomic E-state index is 13.4. The van der Waals surface area contributed by atoms with E-state index in [0.717, 1.165) is 5.56 Å². The molecule has 48 heavy (non-hydrogen) atoms. The van der Waals surface area contributed by atoms with Gasteiger partial charge in [0.15, 0.2) is 5.78 Å². The minimum Gasteiger partial charge on any atom is -0.481 e. The molecule has 1 aromatic carbocycles. The lowest BCUT2D eigenvalue weighted by atomic mass is 9.95. The van der Waals surface area contributed by atoms with E-state index in [2.05, 4.69) is 26.6 Å². The normalized spacial score (nSPS) is 14.6. The van der Waals surface area contributed by atoms with Crippen molar-refractivity contribution in [2.24, 2.45) is 5.92 Å². The number of Topliss-reactive ketones (excluding diaryl/α,β-unsaturated/α-hetero) is 1. The average Bonchev–Trinajstić information content (AvgIpc) is 3.03. The van der Waals surface area contributed by atoms with Crippen LogP contribution >= 0.6 is 0 Å². The van der Waals surface area contributed by atoms with Crippen LogP contribution in [-0.2, 0) is 44.8 Å². The van der Waals surface area contributed by atoms with Crippen molar-refractivity contribution in [1.29, 1.82) is 0 Å². The van der Waals surface area contributed by atoms with Gasteiger partial charge in [-0.3, -0.25) is 38.4 Å². The molecular formula is C32H47N5O11. The second kappa shape index (κ2) is 21.1. The Bertz CT molecular complexity index is 1290. The summed E-state index contributed by atoms with van der Waals surface area (Å²) in [5.74, 6) is -7.97. The number of nitrogens with one attached hydrogen (secondary N) is 5. The first-order chi connectivity index (χ1) is 22.6. The summed E-state index contributed by atoms with van der Waals surface area (Å²) in [7, 11) is 1.53. The summed E-state index contributed by atoms with van der Waals surface area (Å²) in [5, 5.41) is 40.3. The zero-order valence-corrected chi connectivity index (χ0v) is 27.6. The van der Waals surface area contributed by atoms with Crippen molar-refractivity contribution >= 4 is 47.3 Å². The highest BCUT2D eigenvalue weighted by atomic mass is 16.4. The van der Waals surface area contributed by atoms with Gasteiger partial charge in [0.2, 0.25) is 23.6 Å². The molecule has 0 aliphatic heterocycles. The maximum Gasteiger partial charge on any atom is 0.303 e. The fraction of sp³-hybridized carbons (Fsp3) is 0.562. The Morgan fingerprint density at radius 2 is 1.00 bits per heavy atom. The number of rotatable bonds is 23. The van der Waals surface area contributed by atoms with E-state index in [1.54, 1.807) is 44.2 Å². The predicted molar refractivity (Wildman–Crippen MR) is 171 cm³/mol. The number of amides is 4. The van der Waals surface area contributed by atoms with Crippen molar-refractivity contribution in [1.82, 2.24) is 26.6 Å². The highest BCUT2D eigenvalue weighted by Gasteiger charge is 2.33. The van der Waals surface area contributed by atoms with E-state index in [-0.39, 0.29) is 31.0 Å². The molecule has 16 heteroatoms. The average molecular weight is 678 g/mol. The summed E-state index contributed by atoms with van der Waals surface area (Å²) in [6, 6.07) is 2.73. The molecule has 4 amide bonds. The van der Waals surface area contributed by atoms with Crippen LogP contribution in [-0.4, -0.2) is 99.9 Å². The van der Waals surface area contributed by atoms with Crippen molar-refractivity contribution in [3.8, 4) is 0 Å². The molecule has 6 unspecified atom stereocenters. The molecule has 0 spiro atoms. The summed E-state index contributed by atoms with van der Waals surface area (Å²) < 4.78 is 0. The lowest BCUT2D eigenvalue weighted by molar-refractivity contribution is -0.140. The van der Waals surface area contributed by atoms with E-state index in [9.17, 15) is 53.7 Å². The Morgan fingerprint density at radius 3 is 1.33 bits per heavy atom. The van der Waals surface area contributed by atoms with Crippen LogP contribution in [0.2, 0.25) is 0 Å². The predicted octanol–water partition coefficient (Wildman–Crippen LogP) is -0.0142. The van der Waals surface area contributed by atoms with Crippen molar-refractivity contribution in [3.63, 3.8) is 0 Å². The highest BCUT2D eigenvalue weighted by molar-refractivity contribution is 5.96. The second-order valence-electron chi connectivity index (χ2n) is 11.5. The van der Waals surface area contributed by atoms with Gasteiger partial charge in [-0.1, -0.05) is 50.6 Å². The molecule has 1 aromatic rings. The van der Waals surface area contributed by atoms with Crippen LogP contribution in [0.25, 0.3) is 0 Å². The molecule has 0 fully saturated rings. The highest BCUT2D eigenvalue weighted by Crippen LogP contribution is 2.11. The van der Waals surface area contributed by atoms with Gasteiger partial charge < -0.3 is 41.9 Å². The van der Waals surface area contributed by atoms with Crippen LogP contribution < -0.4 is 26.6 Å². The van der Waals surface area contributed by atoms with Gasteiger partial charge in [0.05, 0.1) is 12.1 Å². The zero-order valence-electron chi connectivity index (χ0n) is 27.6. The number of carboxylic acid groups (broad SMARTS) is 3. The smallest absolute Gasteiger partial charge is 0.303 e. The van der Waals surface area contributed by atoms with E-state index in [1.807, 2.05) is 0 Å². The number of carboxylic acids is 3. The first-order valence-corrected chi connectivity index (χ1v) is 15.7. The summed E-state index contributed by atoms with van der Waals surface area (Å²) >= 11 is 0. The van der Waals surface area contributed by atoms with Crippen molar-refractivity contribution in [3.05, 3.63) is 35.9 Å². The van der Waals surface area contributed by atoms with Crippen LogP contribution in [0.3, 0.4) is 0 Å². The molecule has 0 heterocycles. The van der Waals surface area contributed by atoms with Crippen molar-refractivity contribution < 1.29 is 53.7 Å². The molecule has 0 saturated heterocycles. The lowest BCUT2D eigenvalue weighted by Crippen LogP contribution is -2.59. The fourth-order valence-corrected chi connectivity index (χ4v) is 4.74. The summed E-state index contributed by atoms with van der Waals surface area (Å²) in [6.07, 6.45) is -2.13. The third kappa shape index (κ3) is 15.2. The van der Waals surface area contributed by atoms with Crippen LogP contribution in [0.5, 0.6) is 0 Å². The molecule has 266 valence electrons. The Balaban J connectivity index is 3.26. The largest absolute Gasteiger partial charge is 0.481 e. The van der Waals surface area contributed by atoms with Crippen LogP contribution in [0, 0.1) is 5.92 Å². The van der Waals surface area contributed by atoms with Gasteiger partial charge in [-0.05, 0) is 51.1 Å². The molecule has 0 radical (unpaired) electrons. The number of hydrogen-bond donors (Lipinski definition) is 8. The molecule has 0 bridgehead atoms. The van der Waals surface area contributed by atoms with Gasteiger partial charge in [-0.25, -0.2) is 0 Å². The van der Waals surface area contributed by atoms with E-state index < -0.39 is 97.4 Å². The molecule has 16 nitrogen and oxygen atoms in total. The number of hydrogen-bond acceptors (Lipinski definition) is 9. The van der Waals surface area contributed by atoms with E-state index in [0.29, 0.717) is 6.42 Å². The molecule has 0 aliphatic rings. The van der Waals surface area contributed by atoms with Crippen molar-refractivity contribution in [2.45, 2.75) is 102 Å². The minimum absolute atomic E-state index is 0.238. The number of carbonyl (C=O) groups excluding carboxylic acids is 5. The molecule has 0 aromatic heterocycles. The Kier molecular flexibility index (Phi) is 18.1. The SMILES string of the molecule is CCC(C)C(NC(=O)C(CCC(=O)O)NC(=O)C(CCC(=O)O)NC(=O)C(CCC(=O)O)NC(=O)C(Cc1ccccc1)NC)C(C)=O. The van der Waals surface area contributed by atoms with Crippen LogP contribution in [0.1, 0.15) is 71.3 Å². The van der Waals surface area contributed by atoms with E-state index >= 15 is 0 Å². The molecule has 0 aliphatic carbocycles. The van der Waals surface area contributed by atoms with Gasteiger partial charge >= 0.3 is 17.9 Å². The first-order valence-electron chi connectivity index (χ1n) is 15.7. The maximum atomic E-state index is 13.4. The second-order valence-corrected chi connectivity index (χ2v) is 11.5. The molecule has 1 rings (SSSR count). The standard InChI is InChI=1S/C32H47N5O11/c1-5-18(2)28(19(3)38)37-31(47)23(13-16-27(43)44)35-29(45)21(11-14-25(39)40)34-30(46)22(12-15-26(41)42)36-32(48)24(33-4)17-20-9-7-6-8-10-20/h6-10,18,21-24,28,33H,5,11-17H2,1-4H3,(H,34,46)(H,35,45)(H,36,48)(H,37,47)(H,39,40)(H,41,42)(H,43,44). The third-order valence-corrected chi connectivity index (χ3v) is 7.74. The lowest BCUT2D eigenvalue weighted by Gasteiger charge is -2.27. The first kappa shape index (κ1) is 41.2. The van der Waals surface area contributed by atoms with E-state index in [1.165, 1.54) is 14.0 Å². The number of benzene rings is 1. The molecule has 0 saturated carbocycles. The van der Waals surface area contributed by atoms with Crippen molar-refractivity contribution in [2.75, 3.05) is 7.05 Å². The van der Waals surface area contributed by atoms with Gasteiger partial charge in [-0.2, -0.15) is 0 Å². The van der Waals surface area contributed by atoms with Gasteiger partial charge in [0.25, 0.3) is 0 Å². The minimum atomic E-state index is -1.58. The zero-order chi connectivity index (χ0) is 36.4. The van der Waals surface area contributed by atoms with Gasteiger partial charge in [-0.15, -0.1) is 0 Å². The quantitative estimate of drug-likeness (QED) is 0.0761. The number of likely N-dealkylation sites (N-methyl/N-ethyl adjacent to an activating group) is 1. The molecular weight excluding hydrogens is 630 g/mol. The Labute approximate surface area is 278 Å². The molecule has 6 atom stereocenters. The number of carbonyl (C=O) groups is 8. The summed E-state index contributed by atoms with van der Waals surface area (Å²) in [5.41, 5.74) is 0.809. The topological polar surface area (TPSA) is 257 Å². The molecule has 8 N–H and O–H groups in total. The Morgan fingerprint density at radius 1 is 0.625 bits per heavy atom. The number of ketones is 1. The van der Waals surface area contributed by atoms with Crippen LogP contribution in [0.15, 0.2) is 30.3 Å². The fourth-order valence-electron chi connectivity index (χ4n) is 4.74. The van der Waals surface area contributed by atoms with Crippen LogP contribution in [0.4, 0.5) is 0 Å². The van der Waals surface area contributed by atoms with E-state index in [4.69, 9.17) is 0 Å². The monoisotopic (exact) mass is 677 g/mol. The third-order valence-electron chi connectivity index (χ3n) is 7.74. The Hall–Kier alpha value is -4.86. The number of aliphatic carboxylic acids is 3. The van der Waals surface area contributed by atoms with Gasteiger partial charge in [0, 0.05) is 19.3 Å². The summed E-state index contributed by atoms with van der Waals surface area (Å²) in [4.78, 5) is 99.4.